The second-order valence-corrected chi connectivity index (χ2v) is 8.68. The average Bonchev–Trinajstić information content (AvgIpc) is 3.29. The predicted octanol–water partition coefficient (Wildman–Crippen LogP) is 1.58. The fourth-order valence-electron chi connectivity index (χ4n) is 1.93. The Hall–Kier alpha value is -0.190. The summed E-state index contributed by atoms with van der Waals surface area (Å²) in [4.78, 5) is 0.191. The molecule has 2 N–H and O–H groups in total. The van der Waals surface area contributed by atoms with Crippen molar-refractivity contribution < 1.29 is 17.9 Å². The number of anilines is 1. The lowest BCUT2D eigenvalue weighted by Crippen LogP contribution is -2.37. The van der Waals surface area contributed by atoms with Crippen LogP contribution in [0.2, 0.25) is 0 Å². The number of nitrogens with zero attached hydrogens (tertiary/aromatic N) is 1. The molecule has 2 saturated heterocycles. The van der Waals surface area contributed by atoms with Gasteiger partial charge in [-0.05, 0) is 44.0 Å². The average molecular weight is 442 g/mol. The van der Waals surface area contributed by atoms with Gasteiger partial charge in [-0.1, -0.05) is 0 Å². The molecule has 9 heteroatoms. The maximum absolute atomic E-state index is 12.8. The molecule has 6 nitrogen and oxygen atoms in total. The molecule has 2 aliphatic heterocycles. The molecule has 2 atom stereocenters. The molecule has 2 fully saturated rings. The second-order valence-electron chi connectivity index (χ2n) is 5.03. The largest absolute Gasteiger partial charge is 0.397 e. The first-order chi connectivity index (χ1) is 9.88. The molecule has 1 aromatic rings. The molecule has 0 aromatic heterocycles. The van der Waals surface area contributed by atoms with Crippen molar-refractivity contribution in [2.45, 2.75) is 17.1 Å². The Labute approximate surface area is 139 Å². The Morgan fingerprint density at radius 1 is 1.14 bits per heavy atom. The van der Waals surface area contributed by atoms with Crippen molar-refractivity contribution in [3.8, 4) is 0 Å². The van der Waals surface area contributed by atoms with E-state index in [1.54, 1.807) is 0 Å². The Bertz CT molecular complexity index is 622. The normalized spacial score (nSPS) is 24.3. The zero-order chi connectivity index (χ0) is 15.2. The molecular weight excluding hydrogens is 428 g/mol. The highest BCUT2D eigenvalue weighted by molar-refractivity contribution is 9.11. The van der Waals surface area contributed by atoms with Gasteiger partial charge in [-0.2, -0.15) is 4.31 Å². The minimum absolute atomic E-state index is 0.0146. The van der Waals surface area contributed by atoms with Crippen molar-refractivity contribution in [2.24, 2.45) is 0 Å². The quantitative estimate of drug-likeness (QED) is 0.534. The smallest absolute Gasteiger partial charge is 0.243 e. The Kier molecular flexibility index (Phi) is 4.32. The molecule has 116 valence electrons. The van der Waals surface area contributed by atoms with Crippen LogP contribution in [0.3, 0.4) is 0 Å². The van der Waals surface area contributed by atoms with Crippen LogP contribution in [0.25, 0.3) is 0 Å². The Morgan fingerprint density at radius 3 is 1.95 bits per heavy atom. The van der Waals surface area contributed by atoms with Crippen LogP contribution in [0.1, 0.15) is 0 Å². The summed E-state index contributed by atoms with van der Waals surface area (Å²) >= 11 is 6.56. The summed E-state index contributed by atoms with van der Waals surface area (Å²) in [6.07, 6.45) is -0.0293. The molecule has 1 aromatic carbocycles. The van der Waals surface area contributed by atoms with Crippen LogP contribution in [0.4, 0.5) is 5.69 Å². The first kappa shape index (κ1) is 15.7. The van der Waals surface area contributed by atoms with Gasteiger partial charge in [-0.15, -0.1) is 0 Å². The van der Waals surface area contributed by atoms with Crippen LogP contribution >= 0.6 is 31.9 Å². The van der Waals surface area contributed by atoms with E-state index in [4.69, 9.17) is 15.2 Å². The lowest BCUT2D eigenvalue weighted by atomic mass is 10.3. The van der Waals surface area contributed by atoms with Gasteiger partial charge in [-0.25, -0.2) is 8.42 Å². The number of epoxide rings is 2. The number of nitrogens with two attached hydrogens (primary N) is 1. The minimum Gasteiger partial charge on any atom is -0.397 e. The molecule has 21 heavy (non-hydrogen) atoms. The number of halogens is 2. The fourth-order valence-corrected chi connectivity index (χ4v) is 4.98. The summed E-state index contributed by atoms with van der Waals surface area (Å²) < 4.78 is 38.4. The highest BCUT2D eigenvalue weighted by atomic mass is 79.9. The fraction of sp³-hybridized carbons (Fsp3) is 0.500. The number of nitrogen functional groups attached to an aromatic ring is 1. The highest BCUT2D eigenvalue weighted by Crippen LogP contribution is 2.33. The van der Waals surface area contributed by atoms with Crippen molar-refractivity contribution in [1.82, 2.24) is 4.31 Å². The molecule has 0 radical (unpaired) electrons. The third-order valence-electron chi connectivity index (χ3n) is 3.31. The molecule has 2 heterocycles. The SMILES string of the molecule is Nc1c(Br)cc(S(=O)(=O)N(C[C@@H]2CO2)C[C@@H]2CO2)cc1Br. The zero-order valence-corrected chi connectivity index (χ0v) is 14.9. The summed E-state index contributed by atoms with van der Waals surface area (Å²) in [7, 11) is -3.62. The first-order valence-corrected chi connectivity index (χ1v) is 9.38. The molecule has 0 unspecified atom stereocenters. The molecule has 0 aliphatic carbocycles. The summed E-state index contributed by atoms with van der Waals surface area (Å²) in [5.74, 6) is 0. The monoisotopic (exact) mass is 440 g/mol. The molecule has 0 saturated carbocycles. The number of hydrogen-bond donors (Lipinski definition) is 1. The lowest BCUT2D eigenvalue weighted by Gasteiger charge is -2.21. The summed E-state index contributed by atoms with van der Waals surface area (Å²) in [6.45, 7) is 1.91. The van der Waals surface area contributed by atoms with Crippen LogP contribution in [-0.4, -0.2) is 51.2 Å². The molecule has 0 spiro atoms. The van der Waals surface area contributed by atoms with E-state index in [1.165, 1.54) is 16.4 Å². The number of hydrogen-bond acceptors (Lipinski definition) is 5. The zero-order valence-electron chi connectivity index (χ0n) is 11.0. The van der Waals surface area contributed by atoms with Crippen molar-refractivity contribution in [2.75, 3.05) is 32.0 Å². The molecule has 0 amide bonds. The van der Waals surface area contributed by atoms with Gasteiger partial charge in [0.05, 0.1) is 36.0 Å². The van der Waals surface area contributed by atoms with Crippen LogP contribution in [0.5, 0.6) is 0 Å². The van der Waals surface area contributed by atoms with Crippen molar-refractivity contribution >= 4 is 47.6 Å². The number of sulfonamides is 1. The summed E-state index contributed by atoms with van der Waals surface area (Å²) in [5, 5.41) is 0. The van der Waals surface area contributed by atoms with E-state index in [1.807, 2.05) is 0 Å². The van der Waals surface area contributed by atoms with Crippen LogP contribution < -0.4 is 5.73 Å². The lowest BCUT2D eigenvalue weighted by molar-refractivity contribution is 0.304. The summed E-state index contributed by atoms with van der Waals surface area (Å²) in [6, 6.07) is 3.04. The maximum Gasteiger partial charge on any atom is 0.243 e. The standard InChI is InChI=1S/C12H14Br2N2O4S/c13-10-1-9(2-11(14)12(10)15)21(17,18)16(3-7-5-19-7)4-8-6-20-8/h1-2,7-8H,3-6,15H2/t7-,8-/m1/s1. The number of ether oxygens (including phenoxy) is 2. The molecule has 0 bridgehead atoms. The van der Waals surface area contributed by atoms with Crippen molar-refractivity contribution in [3.63, 3.8) is 0 Å². The van der Waals surface area contributed by atoms with Crippen molar-refractivity contribution in [3.05, 3.63) is 21.1 Å². The highest BCUT2D eigenvalue weighted by Gasteiger charge is 2.37. The van der Waals surface area contributed by atoms with Crippen LogP contribution in [0.15, 0.2) is 26.0 Å². The van der Waals surface area contributed by atoms with Gasteiger partial charge in [0.2, 0.25) is 10.0 Å². The van der Waals surface area contributed by atoms with Gasteiger partial charge >= 0.3 is 0 Å². The Morgan fingerprint density at radius 2 is 1.57 bits per heavy atom. The van der Waals surface area contributed by atoms with E-state index in [-0.39, 0.29) is 17.1 Å². The maximum atomic E-state index is 12.8. The molecular formula is C12H14Br2N2O4S. The summed E-state index contributed by atoms with van der Waals surface area (Å²) in [5.41, 5.74) is 6.28. The Balaban J connectivity index is 1.91. The molecule has 3 rings (SSSR count). The van der Waals surface area contributed by atoms with E-state index < -0.39 is 10.0 Å². The van der Waals surface area contributed by atoms with Gasteiger partial charge in [0.15, 0.2) is 0 Å². The van der Waals surface area contributed by atoms with Crippen LogP contribution in [-0.2, 0) is 19.5 Å². The van der Waals surface area contributed by atoms with E-state index in [0.717, 1.165) is 0 Å². The van der Waals surface area contributed by atoms with Gasteiger partial charge < -0.3 is 15.2 Å². The van der Waals surface area contributed by atoms with E-state index in [0.29, 0.717) is 40.9 Å². The van der Waals surface area contributed by atoms with Gasteiger partial charge in [-0.3, -0.25) is 0 Å². The van der Waals surface area contributed by atoms with E-state index in [2.05, 4.69) is 31.9 Å². The second kappa shape index (κ2) is 5.78. The van der Waals surface area contributed by atoms with E-state index in [9.17, 15) is 8.42 Å². The molecule has 2 aliphatic rings. The first-order valence-electron chi connectivity index (χ1n) is 6.36. The number of rotatable bonds is 6. The van der Waals surface area contributed by atoms with Gasteiger partial charge in [0, 0.05) is 22.0 Å². The van der Waals surface area contributed by atoms with Crippen LogP contribution in [0, 0.1) is 0 Å². The van der Waals surface area contributed by atoms with Gasteiger partial charge in [0.25, 0.3) is 0 Å². The minimum atomic E-state index is -3.62. The topological polar surface area (TPSA) is 88.5 Å². The van der Waals surface area contributed by atoms with Gasteiger partial charge in [0.1, 0.15) is 0 Å². The number of benzene rings is 1. The third-order valence-corrected chi connectivity index (χ3v) is 6.43. The predicted molar refractivity (Wildman–Crippen MR) is 84.5 cm³/mol. The third kappa shape index (κ3) is 3.59. The van der Waals surface area contributed by atoms with Crippen molar-refractivity contribution in [1.29, 1.82) is 0 Å². The van der Waals surface area contributed by atoms with E-state index >= 15 is 0 Å².